The Bertz CT molecular complexity index is 896. The summed E-state index contributed by atoms with van der Waals surface area (Å²) in [5, 5.41) is 3.88. The summed E-state index contributed by atoms with van der Waals surface area (Å²) in [6.07, 6.45) is 2.29. The summed E-state index contributed by atoms with van der Waals surface area (Å²) in [6, 6.07) is 10.7. The van der Waals surface area contributed by atoms with E-state index in [1.54, 1.807) is 41.9 Å². The monoisotopic (exact) mass is 391 g/mol. The molecule has 5 nitrogen and oxygen atoms in total. The van der Waals surface area contributed by atoms with E-state index < -0.39 is 10.0 Å². The molecule has 0 amide bonds. The number of nitrogens with zero attached hydrogens (tertiary/aromatic N) is 1. The highest BCUT2D eigenvalue weighted by Gasteiger charge is 2.29. The predicted molar refractivity (Wildman–Crippen MR) is 102 cm³/mol. The van der Waals surface area contributed by atoms with Gasteiger partial charge in [-0.2, -0.15) is 15.6 Å². The number of ether oxygens (including phenoxy) is 1. The Morgan fingerprint density at radius 3 is 2.62 bits per heavy atom. The number of sulfonamides is 1. The number of rotatable bonds is 8. The number of hydrogen-bond acceptors (Lipinski definition) is 5. The zero-order valence-corrected chi connectivity index (χ0v) is 16.3. The van der Waals surface area contributed by atoms with Crippen LogP contribution in [0.3, 0.4) is 0 Å². The van der Waals surface area contributed by atoms with Crippen LogP contribution in [0.2, 0.25) is 0 Å². The van der Waals surface area contributed by atoms with E-state index >= 15 is 0 Å². The molecule has 0 aliphatic rings. The summed E-state index contributed by atoms with van der Waals surface area (Å²) in [4.78, 5) is 0.182. The van der Waals surface area contributed by atoms with Crippen molar-refractivity contribution in [3.63, 3.8) is 0 Å². The summed E-state index contributed by atoms with van der Waals surface area (Å²) in [6.45, 7) is 2.42. The molecule has 0 saturated heterocycles. The van der Waals surface area contributed by atoms with Crippen LogP contribution in [0.15, 0.2) is 62.7 Å². The van der Waals surface area contributed by atoms with E-state index in [-0.39, 0.29) is 18.0 Å². The standard InChI is InChI=1S/C19H21NO4S2/c1-3-15-6-7-18(23-2)19(11-15)26(21,22)20(12-16-8-10-25-14-16)13-17-5-4-9-24-17/h4-11,14H,3,12-13H2,1-2H3. The molecule has 2 heterocycles. The minimum Gasteiger partial charge on any atom is -0.495 e. The third kappa shape index (κ3) is 4.00. The Balaban J connectivity index is 2.03. The van der Waals surface area contributed by atoms with Crippen molar-refractivity contribution in [3.05, 3.63) is 70.3 Å². The first-order valence-corrected chi connectivity index (χ1v) is 10.6. The maximum absolute atomic E-state index is 13.4. The summed E-state index contributed by atoms with van der Waals surface area (Å²) in [5.74, 6) is 0.936. The van der Waals surface area contributed by atoms with Crippen LogP contribution in [0.5, 0.6) is 5.75 Å². The van der Waals surface area contributed by atoms with Gasteiger partial charge in [-0.1, -0.05) is 13.0 Å². The molecule has 0 aliphatic carbocycles. The Labute approximate surface area is 157 Å². The molecule has 3 rings (SSSR count). The molecule has 0 radical (unpaired) electrons. The summed E-state index contributed by atoms with van der Waals surface area (Å²) >= 11 is 1.54. The van der Waals surface area contributed by atoms with E-state index in [1.165, 1.54) is 11.4 Å². The maximum Gasteiger partial charge on any atom is 0.247 e. The summed E-state index contributed by atoms with van der Waals surface area (Å²) < 4.78 is 39.0. The van der Waals surface area contributed by atoms with Gasteiger partial charge in [0.15, 0.2) is 0 Å². The van der Waals surface area contributed by atoms with Gasteiger partial charge in [0.25, 0.3) is 0 Å². The van der Waals surface area contributed by atoms with Gasteiger partial charge >= 0.3 is 0 Å². The van der Waals surface area contributed by atoms with E-state index in [0.29, 0.717) is 11.5 Å². The Kier molecular flexibility index (Phi) is 5.80. The van der Waals surface area contributed by atoms with Gasteiger partial charge in [0.2, 0.25) is 10.0 Å². The molecule has 0 spiro atoms. The van der Waals surface area contributed by atoms with E-state index in [9.17, 15) is 8.42 Å². The summed E-state index contributed by atoms with van der Waals surface area (Å²) in [5.41, 5.74) is 1.88. The zero-order valence-electron chi connectivity index (χ0n) is 14.7. The molecule has 0 atom stereocenters. The lowest BCUT2D eigenvalue weighted by Crippen LogP contribution is -2.30. The van der Waals surface area contributed by atoms with Crippen molar-refractivity contribution in [2.24, 2.45) is 0 Å². The average molecular weight is 392 g/mol. The molecular weight excluding hydrogens is 370 g/mol. The van der Waals surface area contributed by atoms with Gasteiger partial charge in [-0.25, -0.2) is 8.42 Å². The molecule has 0 fully saturated rings. The molecule has 26 heavy (non-hydrogen) atoms. The van der Waals surface area contributed by atoms with Crippen molar-refractivity contribution in [1.29, 1.82) is 0 Å². The number of hydrogen-bond donors (Lipinski definition) is 0. The van der Waals surface area contributed by atoms with Crippen LogP contribution < -0.4 is 4.74 Å². The highest BCUT2D eigenvalue weighted by molar-refractivity contribution is 7.89. The second-order valence-corrected chi connectivity index (χ2v) is 8.51. The van der Waals surface area contributed by atoms with E-state index in [1.807, 2.05) is 29.8 Å². The normalized spacial score (nSPS) is 11.8. The predicted octanol–water partition coefficient (Wildman–Crippen LogP) is 4.30. The average Bonchev–Trinajstić information content (AvgIpc) is 3.34. The largest absolute Gasteiger partial charge is 0.495 e. The van der Waals surface area contributed by atoms with Gasteiger partial charge in [0, 0.05) is 6.54 Å². The number of thiophene rings is 1. The number of methoxy groups -OCH3 is 1. The molecular formula is C19H21NO4S2. The quantitative estimate of drug-likeness (QED) is 0.574. The SMILES string of the molecule is CCc1ccc(OC)c(S(=O)(=O)N(Cc2ccsc2)Cc2ccco2)c1. The fourth-order valence-corrected chi connectivity index (χ4v) is 4.93. The third-order valence-corrected chi connectivity index (χ3v) is 6.65. The van der Waals surface area contributed by atoms with Crippen LogP contribution in [0.1, 0.15) is 23.8 Å². The van der Waals surface area contributed by atoms with Gasteiger partial charge in [-0.05, 0) is 58.6 Å². The van der Waals surface area contributed by atoms with Crippen LogP contribution in [-0.4, -0.2) is 19.8 Å². The van der Waals surface area contributed by atoms with Crippen LogP contribution in [0.25, 0.3) is 0 Å². The second-order valence-electron chi connectivity index (χ2n) is 5.82. The van der Waals surface area contributed by atoms with Gasteiger partial charge in [0.05, 0.1) is 19.9 Å². The number of benzene rings is 1. The lowest BCUT2D eigenvalue weighted by Gasteiger charge is -2.22. The molecule has 0 saturated carbocycles. The van der Waals surface area contributed by atoms with Crippen LogP contribution in [-0.2, 0) is 29.5 Å². The zero-order chi connectivity index (χ0) is 18.6. The first kappa shape index (κ1) is 18.7. The molecule has 0 unspecified atom stereocenters. The highest BCUT2D eigenvalue weighted by Crippen LogP contribution is 2.30. The molecule has 2 aromatic heterocycles. The molecule has 3 aromatic rings. The molecule has 0 bridgehead atoms. The third-order valence-electron chi connectivity index (χ3n) is 4.11. The van der Waals surface area contributed by atoms with Gasteiger partial charge in [-0.3, -0.25) is 0 Å². The van der Waals surface area contributed by atoms with Crippen LogP contribution in [0, 0.1) is 0 Å². The molecule has 7 heteroatoms. The van der Waals surface area contributed by atoms with Crippen molar-refractivity contribution < 1.29 is 17.6 Å². The topological polar surface area (TPSA) is 59.8 Å². The van der Waals surface area contributed by atoms with Crippen LogP contribution in [0.4, 0.5) is 0 Å². The van der Waals surface area contributed by atoms with E-state index in [4.69, 9.17) is 9.15 Å². The summed E-state index contributed by atoms with van der Waals surface area (Å²) in [7, 11) is -2.29. The maximum atomic E-state index is 13.4. The smallest absolute Gasteiger partial charge is 0.247 e. The minimum atomic E-state index is -3.78. The molecule has 138 valence electrons. The molecule has 0 N–H and O–H groups in total. The van der Waals surface area contributed by atoms with Crippen molar-refractivity contribution in [2.45, 2.75) is 31.3 Å². The highest BCUT2D eigenvalue weighted by atomic mass is 32.2. The Hall–Kier alpha value is -2.09. The van der Waals surface area contributed by atoms with Gasteiger partial charge in [-0.15, -0.1) is 0 Å². The van der Waals surface area contributed by atoms with Gasteiger partial charge in [0.1, 0.15) is 16.4 Å². The minimum absolute atomic E-state index is 0.157. The van der Waals surface area contributed by atoms with E-state index in [2.05, 4.69) is 0 Å². The van der Waals surface area contributed by atoms with Crippen molar-refractivity contribution >= 4 is 21.4 Å². The first-order valence-electron chi connectivity index (χ1n) is 8.25. The molecule has 1 aromatic carbocycles. The number of aryl methyl sites for hydroxylation is 1. The Morgan fingerprint density at radius 1 is 1.15 bits per heavy atom. The second kappa shape index (κ2) is 8.07. The van der Waals surface area contributed by atoms with Crippen molar-refractivity contribution in [3.8, 4) is 5.75 Å². The molecule has 0 aliphatic heterocycles. The first-order chi connectivity index (χ1) is 12.5. The van der Waals surface area contributed by atoms with Crippen molar-refractivity contribution in [2.75, 3.05) is 7.11 Å². The lowest BCUT2D eigenvalue weighted by molar-refractivity contribution is 0.353. The Morgan fingerprint density at radius 2 is 2.00 bits per heavy atom. The van der Waals surface area contributed by atoms with Crippen LogP contribution >= 0.6 is 11.3 Å². The van der Waals surface area contributed by atoms with Gasteiger partial charge < -0.3 is 9.15 Å². The van der Waals surface area contributed by atoms with Crippen molar-refractivity contribution in [1.82, 2.24) is 4.31 Å². The number of furan rings is 1. The lowest BCUT2D eigenvalue weighted by atomic mass is 10.2. The fraction of sp³-hybridized carbons (Fsp3) is 0.263. The fourth-order valence-electron chi connectivity index (χ4n) is 2.67. The van der Waals surface area contributed by atoms with E-state index in [0.717, 1.165) is 17.5 Å².